The van der Waals surface area contributed by atoms with Crippen molar-refractivity contribution in [3.63, 3.8) is 0 Å². The van der Waals surface area contributed by atoms with Crippen molar-refractivity contribution in [3.05, 3.63) is 77.1 Å². The number of nitrogens with zero attached hydrogens (tertiary/aromatic N) is 2. The summed E-state index contributed by atoms with van der Waals surface area (Å²) in [5, 5.41) is 0.659. The second-order valence-electron chi connectivity index (χ2n) is 5.04. The van der Waals surface area contributed by atoms with Gasteiger partial charge in [-0.25, -0.2) is 9.78 Å². The fourth-order valence-corrected chi connectivity index (χ4v) is 2.67. The number of ether oxygens (including phenoxy) is 1. The van der Waals surface area contributed by atoms with E-state index in [1.807, 2.05) is 53.2 Å². The molecule has 0 bridgehead atoms. The molecule has 0 radical (unpaired) electrons. The molecular weight excluding hydrogens is 312 g/mol. The zero-order chi connectivity index (χ0) is 16.2. The molecule has 0 saturated heterocycles. The Labute approximate surface area is 139 Å². The normalized spacial score (nSPS) is 10.5. The minimum Gasteiger partial charge on any atom is -0.465 e. The molecule has 0 N–H and O–H groups in total. The molecule has 23 heavy (non-hydrogen) atoms. The number of benzene rings is 2. The van der Waals surface area contributed by atoms with Crippen LogP contribution in [0.25, 0.3) is 11.4 Å². The molecule has 3 aromatic rings. The second-order valence-corrected chi connectivity index (χ2v) is 5.47. The van der Waals surface area contributed by atoms with Gasteiger partial charge in [0.15, 0.2) is 0 Å². The van der Waals surface area contributed by atoms with Crippen molar-refractivity contribution in [2.75, 3.05) is 7.11 Å². The van der Waals surface area contributed by atoms with Gasteiger partial charge in [0.05, 0.1) is 12.7 Å². The van der Waals surface area contributed by atoms with E-state index in [0.29, 0.717) is 17.1 Å². The maximum atomic E-state index is 11.9. The third kappa shape index (κ3) is 3.27. The van der Waals surface area contributed by atoms with Crippen LogP contribution in [0.15, 0.2) is 60.9 Å². The van der Waals surface area contributed by atoms with Gasteiger partial charge < -0.3 is 9.30 Å². The fourth-order valence-electron chi connectivity index (χ4n) is 2.48. The van der Waals surface area contributed by atoms with E-state index in [-0.39, 0.29) is 5.97 Å². The topological polar surface area (TPSA) is 44.1 Å². The second kappa shape index (κ2) is 6.67. The summed E-state index contributed by atoms with van der Waals surface area (Å²) in [5.74, 6) is 0.456. The Bertz CT molecular complexity index is 842. The number of carbonyl (C=O) groups excluding carboxylic acids is 1. The molecule has 0 fully saturated rings. The van der Waals surface area contributed by atoms with Crippen LogP contribution in [0.4, 0.5) is 0 Å². The molecule has 0 amide bonds. The quantitative estimate of drug-likeness (QED) is 0.680. The van der Waals surface area contributed by atoms with E-state index >= 15 is 0 Å². The average molecular weight is 327 g/mol. The van der Waals surface area contributed by atoms with Crippen molar-refractivity contribution >= 4 is 17.6 Å². The third-order valence-corrected chi connectivity index (χ3v) is 3.80. The highest BCUT2D eigenvalue weighted by atomic mass is 35.5. The molecule has 0 aliphatic rings. The Morgan fingerprint density at radius 2 is 2.04 bits per heavy atom. The van der Waals surface area contributed by atoms with Crippen LogP contribution < -0.4 is 0 Å². The molecule has 1 aromatic heterocycles. The first kappa shape index (κ1) is 15.3. The summed E-state index contributed by atoms with van der Waals surface area (Å²) in [6, 6.07) is 14.9. The Hall–Kier alpha value is -2.59. The first-order valence-corrected chi connectivity index (χ1v) is 7.50. The van der Waals surface area contributed by atoms with Crippen molar-refractivity contribution in [3.8, 4) is 11.4 Å². The molecule has 3 rings (SSSR count). The van der Waals surface area contributed by atoms with E-state index in [1.165, 1.54) is 7.11 Å². The van der Waals surface area contributed by atoms with Gasteiger partial charge in [-0.2, -0.15) is 0 Å². The predicted molar refractivity (Wildman–Crippen MR) is 89.6 cm³/mol. The molecule has 0 aliphatic heterocycles. The van der Waals surface area contributed by atoms with E-state index in [4.69, 9.17) is 16.3 Å². The number of methoxy groups -OCH3 is 1. The molecule has 0 unspecified atom stereocenters. The minimum atomic E-state index is -0.343. The molecule has 0 saturated carbocycles. The SMILES string of the molecule is COC(=O)c1ccccc1Cn1ccnc1-c1cccc(Cl)c1. The average Bonchev–Trinajstić information content (AvgIpc) is 3.03. The van der Waals surface area contributed by atoms with E-state index in [0.717, 1.165) is 17.0 Å². The standard InChI is InChI=1S/C18H15ClN2O2/c1-23-18(22)16-8-3-2-5-14(16)12-21-10-9-20-17(21)13-6-4-7-15(19)11-13/h2-11H,12H2,1H3. The van der Waals surface area contributed by atoms with Crippen LogP contribution in [0.1, 0.15) is 15.9 Å². The number of esters is 1. The predicted octanol–water partition coefficient (Wildman–Crippen LogP) is 4.04. The van der Waals surface area contributed by atoms with Gasteiger partial charge in [0.25, 0.3) is 0 Å². The van der Waals surface area contributed by atoms with E-state index in [9.17, 15) is 4.79 Å². The van der Waals surface area contributed by atoms with Crippen LogP contribution in [0.5, 0.6) is 0 Å². The number of aromatic nitrogens is 2. The lowest BCUT2D eigenvalue weighted by atomic mass is 10.1. The number of imidazole rings is 1. The Kier molecular flexibility index (Phi) is 4.44. The van der Waals surface area contributed by atoms with E-state index in [1.54, 1.807) is 12.3 Å². The van der Waals surface area contributed by atoms with Gasteiger partial charge >= 0.3 is 5.97 Å². The third-order valence-electron chi connectivity index (χ3n) is 3.56. The zero-order valence-corrected chi connectivity index (χ0v) is 13.3. The molecule has 0 atom stereocenters. The van der Waals surface area contributed by atoms with Crippen LogP contribution in [-0.4, -0.2) is 22.6 Å². The number of halogens is 1. The highest BCUT2D eigenvalue weighted by molar-refractivity contribution is 6.30. The van der Waals surface area contributed by atoms with Gasteiger partial charge in [-0.05, 0) is 23.8 Å². The van der Waals surface area contributed by atoms with Gasteiger partial charge in [0.2, 0.25) is 0 Å². The summed E-state index contributed by atoms with van der Waals surface area (Å²) < 4.78 is 6.83. The van der Waals surface area contributed by atoms with Crippen molar-refractivity contribution < 1.29 is 9.53 Å². The summed E-state index contributed by atoms with van der Waals surface area (Å²) in [6.45, 7) is 0.521. The van der Waals surface area contributed by atoms with Crippen molar-refractivity contribution in [2.45, 2.75) is 6.54 Å². The first-order chi connectivity index (χ1) is 11.2. The number of hydrogen-bond acceptors (Lipinski definition) is 3. The van der Waals surface area contributed by atoms with Crippen molar-refractivity contribution in [1.29, 1.82) is 0 Å². The van der Waals surface area contributed by atoms with Crippen molar-refractivity contribution in [1.82, 2.24) is 9.55 Å². The highest BCUT2D eigenvalue weighted by Crippen LogP contribution is 2.22. The van der Waals surface area contributed by atoms with Crippen molar-refractivity contribution in [2.24, 2.45) is 0 Å². The molecule has 4 nitrogen and oxygen atoms in total. The fraction of sp³-hybridized carbons (Fsp3) is 0.111. The summed E-state index contributed by atoms with van der Waals surface area (Å²) in [5.41, 5.74) is 2.36. The van der Waals surface area contributed by atoms with Crippen LogP contribution in [-0.2, 0) is 11.3 Å². The smallest absolute Gasteiger partial charge is 0.338 e. The van der Waals surface area contributed by atoms with Crippen LogP contribution >= 0.6 is 11.6 Å². The Morgan fingerprint density at radius 3 is 2.83 bits per heavy atom. The Morgan fingerprint density at radius 1 is 1.22 bits per heavy atom. The maximum absolute atomic E-state index is 11.9. The summed E-state index contributed by atoms with van der Waals surface area (Å²) in [6.07, 6.45) is 3.61. The number of rotatable bonds is 4. The van der Waals surface area contributed by atoms with Gasteiger partial charge in [-0.3, -0.25) is 0 Å². The van der Waals surface area contributed by atoms with Gasteiger partial charge in [-0.15, -0.1) is 0 Å². The lowest BCUT2D eigenvalue weighted by Gasteiger charge is -2.11. The minimum absolute atomic E-state index is 0.343. The molecule has 116 valence electrons. The van der Waals surface area contributed by atoms with Gasteiger partial charge in [0, 0.05) is 29.5 Å². The monoisotopic (exact) mass is 326 g/mol. The summed E-state index contributed by atoms with van der Waals surface area (Å²) >= 11 is 6.06. The first-order valence-electron chi connectivity index (χ1n) is 7.12. The van der Waals surface area contributed by atoms with E-state index in [2.05, 4.69) is 4.98 Å². The van der Waals surface area contributed by atoms with E-state index < -0.39 is 0 Å². The lowest BCUT2D eigenvalue weighted by molar-refractivity contribution is 0.0599. The number of hydrogen-bond donors (Lipinski definition) is 0. The molecule has 2 aromatic carbocycles. The Balaban J connectivity index is 1.97. The summed E-state index contributed by atoms with van der Waals surface area (Å²) in [7, 11) is 1.38. The molecule has 1 heterocycles. The van der Waals surface area contributed by atoms with Gasteiger partial charge in [0.1, 0.15) is 5.82 Å². The lowest BCUT2D eigenvalue weighted by Crippen LogP contribution is -2.09. The number of carbonyl (C=O) groups is 1. The molecular formula is C18H15ClN2O2. The van der Waals surface area contributed by atoms with Gasteiger partial charge in [-0.1, -0.05) is 41.9 Å². The zero-order valence-electron chi connectivity index (χ0n) is 12.6. The van der Waals surface area contributed by atoms with Crippen LogP contribution in [0.2, 0.25) is 5.02 Å². The molecule has 5 heteroatoms. The summed E-state index contributed by atoms with van der Waals surface area (Å²) in [4.78, 5) is 16.3. The molecule has 0 aliphatic carbocycles. The maximum Gasteiger partial charge on any atom is 0.338 e. The van der Waals surface area contributed by atoms with Crippen LogP contribution in [0, 0.1) is 0 Å². The largest absolute Gasteiger partial charge is 0.465 e. The highest BCUT2D eigenvalue weighted by Gasteiger charge is 2.13. The van der Waals surface area contributed by atoms with Crippen LogP contribution in [0.3, 0.4) is 0 Å². The molecule has 0 spiro atoms.